The van der Waals surface area contributed by atoms with E-state index in [2.05, 4.69) is 4.98 Å². The molecule has 2 rings (SSSR count). The fraction of sp³-hybridized carbons (Fsp3) is 0.167. The van der Waals surface area contributed by atoms with E-state index in [9.17, 15) is 13.2 Å². The number of alkyl halides is 3. The fourth-order valence-electron chi connectivity index (χ4n) is 1.61. The van der Waals surface area contributed by atoms with Gasteiger partial charge in [-0.1, -0.05) is 0 Å². The van der Waals surface area contributed by atoms with E-state index in [4.69, 9.17) is 5.26 Å². The fourth-order valence-corrected chi connectivity index (χ4v) is 1.61. The predicted molar refractivity (Wildman–Crippen MR) is 58.0 cm³/mol. The van der Waals surface area contributed by atoms with Crippen molar-refractivity contribution < 1.29 is 13.2 Å². The van der Waals surface area contributed by atoms with E-state index in [0.29, 0.717) is 5.69 Å². The molecule has 0 aliphatic carbocycles. The van der Waals surface area contributed by atoms with Crippen molar-refractivity contribution in [1.82, 2.24) is 9.55 Å². The van der Waals surface area contributed by atoms with Gasteiger partial charge in [-0.2, -0.15) is 18.4 Å². The van der Waals surface area contributed by atoms with Gasteiger partial charge in [-0.25, -0.2) is 4.98 Å². The van der Waals surface area contributed by atoms with Crippen LogP contribution in [0, 0.1) is 18.3 Å². The van der Waals surface area contributed by atoms with Crippen LogP contribution < -0.4 is 0 Å². The molecule has 0 aliphatic rings. The third-order valence-electron chi connectivity index (χ3n) is 2.42. The average Bonchev–Trinajstić information content (AvgIpc) is 2.74. The van der Waals surface area contributed by atoms with E-state index in [-0.39, 0.29) is 11.3 Å². The number of nitriles is 1. The van der Waals surface area contributed by atoms with Crippen molar-refractivity contribution in [2.24, 2.45) is 0 Å². The molecular weight excluding hydrogens is 243 g/mol. The second kappa shape index (κ2) is 4.18. The van der Waals surface area contributed by atoms with E-state index in [1.54, 1.807) is 13.0 Å². The van der Waals surface area contributed by atoms with Gasteiger partial charge < -0.3 is 4.57 Å². The molecule has 1 aromatic heterocycles. The number of imidazole rings is 1. The van der Waals surface area contributed by atoms with Gasteiger partial charge in [0, 0.05) is 6.20 Å². The molecule has 92 valence electrons. The van der Waals surface area contributed by atoms with Crippen LogP contribution in [0.4, 0.5) is 13.2 Å². The Morgan fingerprint density at radius 2 is 2.06 bits per heavy atom. The Morgan fingerprint density at radius 3 is 2.56 bits per heavy atom. The quantitative estimate of drug-likeness (QED) is 0.781. The summed E-state index contributed by atoms with van der Waals surface area (Å²) in [5, 5.41) is 8.66. The summed E-state index contributed by atoms with van der Waals surface area (Å²) < 4.78 is 40.0. The number of hydrogen-bond acceptors (Lipinski definition) is 2. The Labute approximate surface area is 101 Å². The van der Waals surface area contributed by atoms with Crippen LogP contribution >= 0.6 is 0 Å². The Hall–Kier alpha value is -2.29. The van der Waals surface area contributed by atoms with Crippen molar-refractivity contribution in [2.45, 2.75) is 13.1 Å². The average molecular weight is 251 g/mol. The number of aromatic nitrogens is 2. The van der Waals surface area contributed by atoms with Gasteiger partial charge in [-0.05, 0) is 25.1 Å². The molecule has 0 unspecified atom stereocenters. The molecule has 0 N–H and O–H groups in total. The van der Waals surface area contributed by atoms with Crippen LogP contribution in [0.15, 0.2) is 30.7 Å². The van der Waals surface area contributed by atoms with Crippen LogP contribution in [0.1, 0.15) is 16.8 Å². The molecule has 0 saturated heterocycles. The van der Waals surface area contributed by atoms with Gasteiger partial charge in [0.15, 0.2) is 0 Å². The van der Waals surface area contributed by atoms with E-state index in [1.165, 1.54) is 29.2 Å². The number of rotatable bonds is 1. The molecule has 0 atom stereocenters. The zero-order valence-corrected chi connectivity index (χ0v) is 9.36. The highest BCUT2D eigenvalue weighted by Crippen LogP contribution is 2.34. The van der Waals surface area contributed by atoms with Crippen molar-refractivity contribution in [3.05, 3.63) is 47.5 Å². The van der Waals surface area contributed by atoms with Gasteiger partial charge >= 0.3 is 6.18 Å². The van der Waals surface area contributed by atoms with Crippen molar-refractivity contribution >= 4 is 0 Å². The van der Waals surface area contributed by atoms with Crippen molar-refractivity contribution in [1.29, 1.82) is 5.26 Å². The van der Waals surface area contributed by atoms with Gasteiger partial charge in [0.05, 0.1) is 34.9 Å². The second-order valence-corrected chi connectivity index (χ2v) is 3.76. The van der Waals surface area contributed by atoms with Gasteiger partial charge in [0.1, 0.15) is 0 Å². The summed E-state index contributed by atoms with van der Waals surface area (Å²) in [7, 11) is 0. The highest BCUT2D eigenvalue weighted by molar-refractivity contribution is 5.48. The Bertz CT molecular complexity index is 620. The minimum atomic E-state index is -4.51. The third kappa shape index (κ3) is 2.20. The maximum atomic E-state index is 12.9. The van der Waals surface area contributed by atoms with E-state index in [1.807, 2.05) is 0 Å². The first-order valence-corrected chi connectivity index (χ1v) is 5.04. The monoisotopic (exact) mass is 251 g/mol. The summed E-state index contributed by atoms with van der Waals surface area (Å²) in [6.45, 7) is 1.69. The van der Waals surface area contributed by atoms with Crippen LogP contribution in [0.25, 0.3) is 5.69 Å². The minimum Gasteiger partial charge on any atom is -0.305 e. The normalized spacial score (nSPS) is 11.3. The summed E-state index contributed by atoms with van der Waals surface area (Å²) in [6.07, 6.45) is -1.71. The lowest BCUT2D eigenvalue weighted by molar-refractivity contribution is -0.137. The van der Waals surface area contributed by atoms with Crippen LogP contribution in [0.3, 0.4) is 0 Å². The highest BCUT2D eigenvalue weighted by Gasteiger charge is 2.34. The summed E-state index contributed by atoms with van der Waals surface area (Å²) in [4.78, 5) is 3.89. The van der Waals surface area contributed by atoms with Gasteiger partial charge in [-0.15, -0.1) is 0 Å². The van der Waals surface area contributed by atoms with Crippen molar-refractivity contribution in [3.63, 3.8) is 0 Å². The first kappa shape index (κ1) is 12.2. The summed E-state index contributed by atoms with van der Waals surface area (Å²) in [6, 6.07) is 5.15. The molecule has 0 amide bonds. The minimum absolute atomic E-state index is 0.0251. The smallest absolute Gasteiger partial charge is 0.305 e. The van der Waals surface area contributed by atoms with Gasteiger partial charge in [0.2, 0.25) is 0 Å². The van der Waals surface area contributed by atoms with Crippen LogP contribution in [-0.2, 0) is 6.18 Å². The number of aryl methyl sites for hydroxylation is 1. The molecule has 0 saturated carbocycles. The Morgan fingerprint density at radius 1 is 1.33 bits per heavy atom. The highest BCUT2D eigenvalue weighted by atomic mass is 19.4. The molecule has 18 heavy (non-hydrogen) atoms. The second-order valence-electron chi connectivity index (χ2n) is 3.76. The number of halogens is 3. The molecule has 0 radical (unpaired) electrons. The Kier molecular flexibility index (Phi) is 2.83. The zero-order valence-electron chi connectivity index (χ0n) is 9.36. The lowest BCUT2D eigenvalue weighted by atomic mass is 10.1. The maximum absolute atomic E-state index is 12.9. The molecule has 1 aromatic carbocycles. The van der Waals surface area contributed by atoms with Crippen molar-refractivity contribution in [3.8, 4) is 11.8 Å². The molecule has 0 aliphatic heterocycles. The van der Waals surface area contributed by atoms with Gasteiger partial charge in [0.25, 0.3) is 0 Å². The Balaban J connectivity index is 2.64. The van der Waals surface area contributed by atoms with Crippen LogP contribution in [0.2, 0.25) is 0 Å². The predicted octanol–water partition coefficient (Wildman–Crippen LogP) is 3.07. The SMILES string of the molecule is Cc1cn(-c2ccc(C#N)cc2C(F)(F)F)cn1. The van der Waals surface area contributed by atoms with Crippen molar-refractivity contribution in [2.75, 3.05) is 0 Å². The first-order valence-electron chi connectivity index (χ1n) is 5.04. The summed E-state index contributed by atoms with van der Waals surface area (Å²) in [5.41, 5.74) is -0.295. The number of nitrogens with zero attached hydrogens (tertiary/aromatic N) is 3. The largest absolute Gasteiger partial charge is 0.418 e. The molecular formula is C12H8F3N3. The van der Waals surface area contributed by atoms with E-state index >= 15 is 0 Å². The zero-order chi connectivity index (χ0) is 13.3. The van der Waals surface area contributed by atoms with Crippen LogP contribution in [0.5, 0.6) is 0 Å². The molecule has 0 bridgehead atoms. The molecule has 3 nitrogen and oxygen atoms in total. The molecule has 0 fully saturated rings. The molecule has 1 heterocycles. The van der Waals surface area contributed by atoms with Crippen LogP contribution in [-0.4, -0.2) is 9.55 Å². The van der Waals surface area contributed by atoms with E-state index < -0.39 is 11.7 Å². The molecule has 0 spiro atoms. The summed E-state index contributed by atoms with van der Waals surface area (Å²) >= 11 is 0. The molecule has 2 aromatic rings. The third-order valence-corrected chi connectivity index (χ3v) is 2.42. The number of benzene rings is 1. The van der Waals surface area contributed by atoms with E-state index in [0.717, 1.165) is 6.07 Å². The topological polar surface area (TPSA) is 41.6 Å². The summed E-state index contributed by atoms with van der Waals surface area (Å²) in [5.74, 6) is 0. The standard InChI is InChI=1S/C12H8F3N3/c1-8-6-18(7-17-8)11-3-2-9(5-16)4-10(11)12(13,14)15/h2-4,6-7H,1H3. The molecule has 6 heteroatoms. The maximum Gasteiger partial charge on any atom is 0.418 e. The number of hydrogen-bond donors (Lipinski definition) is 0. The lowest BCUT2D eigenvalue weighted by Gasteiger charge is -2.13. The van der Waals surface area contributed by atoms with Gasteiger partial charge in [-0.3, -0.25) is 0 Å². The lowest BCUT2D eigenvalue weighted by Crippen LogP contribution is -2.10. The first-order chi connectivity index (χ1) is 8.41.